The average Bonchev–Trinajstić information content (AvgIpc) is 1.79. The van der Waals surface area contributed by atoms with Crippen molar-refractivity contribution >= 4 is 23.3 Å². The first kappa shape index (κ1) is 13.4. The number of rotatable bonds is 3. The van der Waals surface area contributed by atoms with Crippen LogP contribution in [0.1, 0.15) is 0 Å². The molecule has 0 aromatic heterocycles. The third-order valence-electron chi connectivity index (χ3n) is 2.93. The molecule has 3 heteroatoms. The molecule has 0 spiro atoms. The van der Waals surface area contributed by atoms with Crippen LogP contribution in [0.2, 0.25) is 52.4 Å². The Balaban J connectivity index is 4.62. The van der Waals surface area contributed by atoms with Crippen molar-refractivity contribution < 1.29 is 0 Å². The molecule has 0 unspecified atom stereocenters. The van der Waals surface area contributed by atoms with Crippen molar-refractivity contribution in [1.29, 1.82) is 0 Å². The van der Waals surface area contributed by atoms with Gasteiger partial charge in [0.05, 0.1) is 15.7 Å². The maximum absolute atomic E-state index is 2.62. The lowest BCUT2D eigenvalue weighted by atomic mass is 11.2. The molecule has 0 aromatic rings. The first-order valence-corrected chi connectivity index (χ1v) is 16.3. The summed E-state index contributed by atoms with van der Waals surface area (Å²) >= 11 is 0. The molecule has 0 radical (unpaired) electrons. The Morgan fingerprint density at radius 3 is 1.23 bits per heavy atom. The summed E-state index contributed by atoms with van der Waals surface area (Å²) in [7, 11) is -2.90. The molecule has 78 valence electrons. The third-order valence-corrected chi connectivity index (χ3v) is 21.4. The van der Waals surface area contributed by atoms with Gasteiger partial charge in [-0.1, -0.05) is 52.4 Å². The van der Waals surface area contributed by atoms with Crippen molar-refractivity contribution in [2.45, 2.75) is 52.4 Å². The van der Waals surface area contributed by atoms with Crippen LogP contribution in [-0.4, -0.2) is 23.3 Å². The summed E-state index contributed by atoms with van der Waals surface area (Å²) in [6, 6.07) is 0. The summed E-state index contributed by atoms with van der Waals surface area (Å²) in [5, 5.41) is 0. The van der Waals surface area contributed by atoms with Crippen molar-refractivity contribution in [3.63, 3.8) is 0 Å². The Hall–Kier alpha value is 0.391. The molecule has 0 saturated heterocycles. The van der Waals surface area contributed by atoms with Crippen LogP contribution in [0.4, 0.5) is 0 Å². The molecule has 0 aromatic carbocycles. The van der Waals surface area contributed by atoms with Crippen LogP contribution in [0.25, 0.3) is 0 Å². The van der Waals surface area contributed by atoms with E-state index in [1.54, 1.807) is 0 Å². The summed E-state index contributed by atoms with van der Waals surface area (Å²) in [6.07, 6.45) is 0. The van der Waals surface area contributed by atoms with E-state index in [2.05, 4.69) is 63.8 Å². The van der Waals surface area contributed by atoms with E-state index in [4.69, 9.17) is 0 Å². The second-order valence-corrected chi connectivity index (χ2v) is 28.4. The van der Waals surface area contributed by atoms with Crippen molar-refractivity contribution in [2.75, 3.05) is 0 Å². The highest BCUT2D eigenvalue weighted by molar-refractivity contribution is 7.42. The normalized spacial score (nSPS) is 15.4. The Morgan fingerprint density at radius 1 is 0.615 bits per heavy atom. The minimum absolute atomic E-state index is 0.910. The summed E-state index contributed by atoms with van der Waals surface area (Å²) in [6.45, 7) is 19.8. The molecule has 0 amide bonds. The molecule has 0 atom stereocenters. The van der Waals surface area contributed by atoms with Gasteiger partial charge in [0.25, 0.3) is 0 Å². The van der Waals surface area contributed by atoms with Crippen LogP contribution in [0.5, 0.6) is 0 Å². The molecule has 0 saturated carbocycles. The van der Waals surface area contributed by atoms with E-state index < -0.39 is 23.3 Å². The molecule has 0 nitrogen and oxygen atoms in total. The second kappa shape index (κ2) is 3.87. The van der Waals surface area contributed by atoms with Crippen LogP contribution >= 0.6 is 0 Å². The van der Waals surface area contributed by atoms with Crippen LogP contribution in [0.3, 0.4) is 0 Å². The largest absolute Gasteiger partial charge is 0.105 e. The van der Waals surface area contributed by atoms with Crippen molar-refractivity contribution in [2.24, 2.45) is 0 Å². The van der Waals surface area contributed by atoms with E-state index in [1.807, 2.05) is 0 Å². The highest BCUT2D eigenvalue weighted by Gasteiger charge is 2.34. The van der Waals surface area contributed by atoms with Crippen LogP contribution in [-0.2, 0) is 0 Å². The highest BCUT2D eigenvalue weighted by Crippen LogP contribution is 2.20. The van der Waals surface area contributed by atoms with Gasteiger partial charge in [-0.25, -0.2) is 0 Å². The molecular formula is C10H26Si3. The number of hydrogen-bond donors (Lipinski definition) is 0. The Morgan fingerprint density at radius 2 is 1.00 bits per heavy atom. The van der Waals surface area contributed by atoms with Gasteiger partial charge < -0.3 is 0 Å². The molecule has 0 aliphatic carbocycles. The standard InChI is InChI=1S/C10H26Si3/c1-11(2,3)9-10-13(7,8)12(4,5)6/h9-10H,1-8H3. The van der Waals surface area contributed by atoms with Crippen molar-refractivity contribution in [3.8, 4) is 0 Å². The minimum Gasteiger partial charge on any atom is -0.105 e. The molecule has 0 aliphatic rings. The fourth-order valence-corrected chi connectivity index (χ4v) is 7.13. The first-order valence-electron chi connectivity index (χ1n) is 5.16. The van der Waals surface area contributed by atoms with E-state index >= 15 is 0 Å². The average molecular weight is 231 g/mol. The fraction of sp³-hybridized carbons (Fsp3) is 0.800. The van der Waals surface area contributed by atoms with Crippen LogP contribution in [0, 0.1) is 0 Å². The zero-order valence-corrected chi connectivity index (χ0v) is 13.7. The van der Waals surface area contributed by atoms with E-state index in [1.165, 1.54) is 0 Å². The van der Waals surface area contributed by atoms with E-state index in [9.17, 15) is 0 Å². The van der Waals surface area contributed by atoms with Crippen molar-refractivity contribution in [1.82, 2.24) is 0 Å². The maximum Gasteiger partial charge on any atom is 0.0677 e. The predicted molar refractivity (Wildman–Crippen MR) is 73.3 cm³/mol. The van der Waals surface area contributed by atoms with Gasteiger partial charge in [0.2, 0.25) is 0 Å². The van der Waals surface area contributed by atoms with Gasteiger partial charge >= 0.3 is 0 Å². The molecular weight excluding hydrogens is 204 g/mol. The zero-order valence-electron chi connectivity index (χ0n) is 10.7. The van der Waals surface area contributed by atoms with Gasteiger partial charge in [0.15, 0.2) is 0 Å². The summed E-state index contributed by atoms with van der Waals surface area (Å²) in [5.74, 6) is 0. The quantitative estimate of drug-likeness (QED) is 0.641. The van der Waals surface area contributed by atoms with Crippen LogP contribution < -0.4 is 0 Å². The Labute approximate surface area is 87.3 Å². The van der Waals surface area contributed by atoms with Crippen LogP contribution in [0.15, 0.2) is 11.4 Å². The van der Waals surface area contributed by atoms with E-state index in [0.29, 0.717) is 0 Å². The maximum atomic E-state index is 2.62. The second-order valence-electron chi connectivity index (χ2n) is 6.67. The summed E-state index contributed by atoms with van der Waals surface area (Å²) in [4.78, 5) is 0. The fourth-order valence-electron chi connectivity index (χ4n) is 0.708. The molecule has 0 fully saturated rings. The van der Waals surface area contributed by atoms with Gasteiger partial charge in [-0.3, -0.25) is 0 Å². The topological polar surface area (TPSA) is 0 Å². The third kappa shape index (κ3) is 4.98. The van der Waals surface area contributed by atoms with E-state index in [-0.39, 0.29) is 0 Å². The predicted octanol–water partition coefficient (Wildman–Crippen LogP) is 4.08. The summed E-state index contributed by atoms with van der Waals surface area (Å²) in [5.41, 5.74) is 5.17. The lowest BCUT2D eigenvalue weighted by Crippen LogP contribution is -2.51. The number of hydrogen-bond acceptors (Lipinski definition) is 0. The monoisotopic (exact) mass is 230 g/mol. The molecule has 0 rings (SSSR count). The van der Waals surface area contributed by atoms with Gasteiger partial charge in [0, 0.05) is 7.59 Å². The zero-order chi connectivity index (χ0) is 10.9. The lowest BCUT2D eigenvalue weighted by Gasteiger charge is -2.33. The van der Waals surface area contributed by atoms with Gasteiger partial charge in [0.1, 0.15) is 0 Å². The first-order chi connectivity index (χ1) is 5.46. The highest BCUT2D eigenvalue weighted by atomic mass is 29.3. The van der Waals surface area contributed by atoms with Gasteiger partial charge in [-0.2, -0.15) is 0 Å². The molecule has 0 heterocycles. The molecule has 13 heavy (non-hydrogen) atoms. The van der Waals surface area contributed by atoms with Gasteiger partial charge in [-0.15, -0.1) is 11.4 Å². The molecule has 0 bridgehead atoms. The summed E-state index contributed by atoms with van der Waals surface area (Å²) < 4.78 is 0. The lowest BCUT2D eigenvalue weighted by molar-refractivity contribution is 1.72. The molecule has 0 aliphatic heterocycles. The van der Waals surface area contributed by atoms with E-state index in [0.717, 1.165) is 0 Å². The van der Waals surface area contributed by atoms with Crippen molar-refractivity contribution in [3.05, 3.63) is 11.4 Å². The Kier molecular flexibility index (Phi) is 3.98. The smallest absolute Gasteiger partial charge is 0.0677 e. The SMILES string of the molecule is C[Si](C)(C)C=C[Si](C)(C)[Si](C)(C)C. The molecule has 0 N–H and O–H groups in total. The minimum atomic E-state index is -1.02. The van der Waals surface area contributed by atoms with Gasteiger partial charge in [-0.05, 0) is 0 Å². The Bertz CT molecular complexity index is 191.